The largest absolute Gasteiger partial charge is 0.306 e. The molecule has 0 radical (unpaired) electrons. The van der Waals surface area contributed by atoms with Gasteiger partial charge in [0.2, 0.25) is 0 Å². The van der Waals surface area contributed by atoms with Gasteiger partial charge in [0.1, 0.15) is 18.2 Å². The molecule has 0 aliphatic carbocycles. The Balaban J connectivity index is 1.72. The summed E-state index contributed by atoms with van der Waals surface area (Å²) in [5.41, 5.74) is 3.00. The van der Waals surface area contributed by atoms with Crippen molar-refractivity contribution in [3.8, 4) is 18.2 Å². The molecule has 1 fully saturated rings. The second-order valence-corrected chi connectivity index (χ2v) is 9.37. The zero-order chi connectivity index (χ0) is 25.7. The molecule has 176 valence electrons. The van der Waals surface area contributed by atoms with Crippen molar-refractivity contribution in [2.75, 3.05) is 16.3 Å². The first-order chi connectivity index (χ1) is 18.0. The lowest BCUT2D eigenvalue weighted by atomic mass is 10.1. The Morgan fingerprint density at radius 3 is 1.62 bits per heavy atom. The third kappa shape index (κ3) is 3.73. The van der Waals surface area contributed by atoms with E-state index in [2.05, 4.69) is 37.3 Å². The van der Waals surface area contributed by atoms with Crippen LogP contribution < -0.4 is 15.1 Å². The highest BCUT2D eigenvalue weighted by Crippen LogP contribution is 2.51. The number of halogens is 1. The number of nitrogens with one attached hydrogen (secondary N) is 1. The zero-order valence-corrected chi connectivity index (χ0v) is 20.9. The number of fused-ring (bicyclic) bond motifs is 2. The minimum Gasteiger partial charge on any atom is -0.306 e. The van der Waals surface area contributed by atoms with E-state index in [0.717, 1.165) is 15.7 Å². The van der Waals surface area contributed by atoms with Gasteiger partial charge in [-0.25, -0.2) is 19.9 Å². The molecule has 1 unspecified atom stereocenters. The van der Waals surface area contributed by atoms with Gasteiger partial charge >= 0.3 is 0 Å². The van der Waals surface area contributed by atoms with Gasteiger partial charge in [0.05, 0.1) is 11.7 Å². The highest BCUT2D eigenvalue weighted by atomic mass is 79.9. The van der Waals surface area contributed by atoms with Crippen LogP contribution in [0.2, 0.25) is 0 Å². The predicted molar refractivity (Wildman–Crippen MR) is 138 cm³/mol. The van der Waals surface area contributed by atoms with Gasteiger partial charge in [-0.3, -0.25) is 9.80 Å². The highest BCUT2D eigenvalue weighted by Gasteiger charge is 2.39. The maximum atomic E-state index is 9.92. The fourth-order valence-electron chi connectivity index (χ4n) is 4.16. The molecule has 37 heavy (non-hydrogen) atoms. The molecule has 6 rings (SSSR count). The number of rotatable bonds is 3. The van der Waals surface area contributed by atoms with Gasteiger partial charge < -0.3 is 5.32 Å². The Bertz CT molecular complexity index is 1690. The maximum Gasteiger partial charge on any atom is 0.184 e. The van der Waals surface area contributed by atoms with E-state index in [1.54, 1.807) is 9.80 Å². The van der Waals surface area contributed by atoms with Gasteiger partial charge in [0, 0.05) is 22.4 Å². The summed E-state index contributed by atoms with van der Waals surface area (Å²) >= 11 is 3.46. The zero-order valence-electron chi connectivity index (χ0n) is 19.3. The Kier molecular flexibility index (Phi) is 5.27. The normalized spacial score (nSPS) is 15.2. The van der Waals surface area contributed by atoms with Crippen molar-refractivity contribution in [3.63, 3.8) is 0 Å². The molecule has 2 aliphatic rings. The summed E-state index contributed by atoms with van der Waals surface area (Å²) in [6.45, 7) is 2.68. The molecule has 2 aliphatic heterocycles. The van der Waals surface area contributed by atoms with Gasteiger partial charge in [-0.05, 0) is 43.3 Å². The number of hydrogen-bond acceptors (Lipinski definition) is 10. The van der Waals surface area contributed by atoms with Crippen LogP contribution in [0.15, 0.2) is 53.0 Å². The van der Waals surface area contributed by atoms with Crippen molar-refractivity contribution in [2.24, 2.45) is 0 Å². The Labute approximate surface area is 220 Å². The summed E-state index contributed by atoms with van der Waals surface area (Å²) in [6.07, 6.45) is 0. The monoisotopic (exact) mass is 546 g/mol. The number of nitrogens with zero attached hydrogens (tertiary/aromatic N) is 9. The van der Waals surface area contributed by atoms with Crippen LogP contribution in [0, 0.1) is 40.9 Å². The van der Waals surface area contributed by atoms with Crippen molar-refractivity contribution in [1.82, 2.24) is 25.3 Å². The predicted octanol–water partition coefficient (Wildman–Crippen LogP) is 4.85. The number of nitriles is 3. The van der Waals surface area contributed by atoms with E-state index < -0.39 is 0 Å². The molecule has 10 nitrogen and oxygen atoms in total. The standard InChI is InChI=1S/C26H15BrN10/c1-14-2-6-16(7-3-14)37-24-23(32-18(10-28)19(11-29)33-24)36(17-8-4-15(27)5-9-17)25-26(37)35-22(21-13-31-21)20(12-30)34-25/h2-9,21,31H,13H2,1H3. The Morgan fingerprint density at radius 2 is 1.16 bits per heavy atom. The lowest BCUT2D eigenvalue weighted by molar-refractivity contribution is 0.909. The second-order valence-electron chi connectivity index (χ2n) is 8.45. The summed E-state index contributed by atoms with van der Waals surface area (Å²) in [4.78, 5) is 22.3. The molecule has 2 aromatic heterocycles. The first kappa shape index (κ1) is 22.6. The molecule has 1 N–H and O–H groups in total. The van der Waals surface area contributed by atoms with Crippen molar-refractivity contribution in [1.29, 1.82) is 15.8 Å². The number of benzene rings is 2. The summed E-state index contributed by atoms with van der Waals surface area (Å²) in [5.74, 6) is 1.41. The van der Waals surface area contributed by atoms with E-state index in [-0.39, 0.29) is 23.1 Å². The fourth-order valence-corrected chi connectivity index (χ4v) is 4.42. The summed E-state index contributed by atoms with van der Waals surface area (Å²) < 4.78 is 0.873. The quantitative estimate of drug-likeness (QED) is 0.310. The van der Waals surface area contributed by atoms with Crippen LogP contribution >= 0.6 is 15.9 Å². The van der Waals surface area contributed by atoms with Crippen molar-refractivity contribution in [2.45, 2.75) is 13.0 Å². The van der Waals surface area contributed by atoms with E-state index in [1.807, 2.05) is 67.6 Å². The molecule has 2 aromatic carbocycles. The molecular weight excluding hydrogens is 532 g/mol. The lowest BCUT2D eigenvalue weighted by Crippen LogP contribution is -2.29. The fraction of sp³-hybridized carbons (Fsp3) is 0.115. The number of anilines is 6. The second kappa shape index (κ2) is 8.65. The van der Waals surface area contributed by atoms with Crippen molar-refractivity contribution in [3.05, 3.63) is 81.3 Å². The van der Waals surface area contributed by atoms with Crippen LogP contribution in [0.4, 0.5) is 34.6 Å². The van der Waals surface area contributed by atoms with Gasteiger partial charge in [0.25, 0.3) is 0 Å². The van der Waals surface area contributed by atoms with Gasteiger partial charge in [-0.15, -0.1) is 0 Å². The Morgan fingerprint density at radius 1 is 0.730 bits per heavy atom. The summed E-state index contributed by atoms with van der Waals surface area (Å²) in [5, 5.41) is 32.6. The summed E-state index contributed by atoms with van der Waals surface area (Å²) in [7, 11) is 0. The number of hydrogen-bond donors (Lipinski definition) is 1. The van der Waals surface area contributed by atoms with Gasteiger partial charge in [-0.2, -0.15) is 15.8 Å². The summed E-state index contributed by atoms with van der Waals surface area (Å²) in [6, 6.07) is 21.3. The van der Waals surface area contributed by atoms with Crippen LogP contribution in [0.25, 0.3) is 0 Å². The topological polar surface area (TPSA) is 151 Å². The van der Waals surface area contributed by atoms with E-state index in [4.69, 9.17) is 9.97 Å². The molecule has 11 heteroatoms. The number of aromatic nitrogens is 4. The smallest absolute Gasteiger partial charge is 0.184 e. The molecule has 0 bridgehead atoms. The third-order valence-corrected chi connectivity index (χ3v) is 6.56. The molecular formula is C26H15BrN10. The van der Waals surface area contributed by atoms with E-state index in [9.17, 15) is 15.8 Å². The maximum absolute atomic E-state index is 9.92. The van der Waals surface area contributed by atoms with Gasteiger partial charge in [-0.1, -0.05) is 33.6 Å². The molecule has 0 saturated carbocycles. The molecule has 0 spiro atoms. The average molecular weight is 547 g/mol. The third-order valence-electron chi connectivity index (χ3n) is 6.03. The van der Waals surface area contributed by atoms with Crippen LogP contribution in [0.1, 0.15) is 34.4 Å². The molecule has 4 aromatic rings. The van der Waals surface area contributed by atoms with E-state index in [0.29, 0.717) is 41.2 Å². The lowest BCUT2D eigenvalue weighted by Gasteiger charge is -2.37. The average Bonchev–Trinajstić information content (AvgIpc) is 3.77. The molecule has 1 atom stereocenters. The van der Waals surface area contributed by atoms with Crippen LogP contribution in [-0.4, -0.2) is 26.5 Å². The van der Waals surface area contributed by atoms with Crippen LogP contribution in [0.5, 0.6) is 0 Å². The molecule has 4 heterocycles. The van der Waals surface area contributed by atoms with Crippen LogP contribution in [-0.2, 0) is 0 Å². The number of aryl methyl sites for hydroxylation is 1. The Hall–Kier alpha value is -4.89. The first-order valence-electron chi connectivity index (χ1n) is 11.2. The SMILES string of the molecule is Cc1ccc(N2c3nc(C#N)c(C#N)nc3N(c3ccc(Br)cc3)c3nc(C#N)c(C4CN4)nc32)cc1. The minimum absolute atomic E-state index is 0.0726. The minimum atomic E-state index is -0.108. The van der Waals surface area contributed by atoms with E-state index >= 15 is 0 Å². The van der Waals surface area contributed by atoms with Gasteiger partial charge in [0.15, 0.2) is 40.4 Å². The van der Waals surface area contributed by atoms with E-state index in [1.165, 1.54) is 0 Å². The molecule has 1 saturated heterocycles. The highest BCUT2D eigenvalue weighted by molar-refractivity contribution is 9.10. The molecule has 0 amide bonds. The van der Waals surface area contributed by atoms with Crippen molar-refractivity contribution < 1.29 is 0 Å². The first-order valence-corrected chi connectivity index (χ1v) is 12.0. The van der Waals surface area contributed by atoms with Crippen molar-refractivity contribution >= 4 is 50.6 Å². The van der Waals surface area contributed by atoms with Crippen LogP contribution in [0.3, 0.4) is 0 Å².